The first-order valence-electron chi connectivity index (χ1n) is 9.94. The molecule has 3 N–H and O–H groups in total. The van der Waals surface area contributed by atoms with Gasteiger partial charge in [0.15, 0.2) is 0 Å². The van der Waals surface area contributed by atoms with Crippen LogP contribution in [-0.2, 0) is 14.8 Å². The summed E-state index contributed by atoms with van der Waals surface area (Å²) < 4.78 is 38.3. The number of hydrogen-bond acceptors (Lipinski definition) is 6. The summed E-state index contributed by atoms with van der Waals surface area (Å²) in [5.74, 6) is -0.525. The quantitative estimate of drug-likeness (QED) is 0.529. The minimum atomic E-state index is -3.80. The highest BCUT2D eigenvalue weighted by atomic mass is 32.2. The molecule has 0 aromatic heterocycles. The number of rotatable bonds is 8. The second kappa shape index (κ2) is 10.4. The Morgan fingerprint density at radius 3 is 2.42 bits per heavy atom. The van der Waals surface area contributed by atoms with Crippen LogP contribution in [-0.4, -0.2) is 46.1 Å². The maximum absolute atomic E-state index is 12.5. The molecule has 1 aliphatic heterocycles. The Kier molecular flexibility index (Phi) is 7.61. The van der Waals surface area contributed by atoms with Crippen molar-refractivity contribution in [2.45, 2.75) is 30.8 Å². The first-order valence-corrected chi connectivity index (χ1v) is 11.4. The van der Waals surface area contributed by atoms with Gasteiger partial charge in [-0.25, -0.2) is 13.1 Å². The average molecular weight is 448 g/mol. The monoisotopic (exact) mass is 447 g/mol. The Morgan fingerprint density at radius 1 is 1.06 bits per heavy atom. The van der Waals surface area contributed by atoms with E-state index in [-0.39, 0.29) is 23.1 Å². The Bertz CT molecular complexity index is 1020. The maximum atomic E-state index is 12.5. The van der Waals surface area contributed by atoms with E-state index in [4.69, 9.17) is 9.47 Å². The van der Waals surface area contributed by atoms with E-state index < -0.39 is 21.8 Å². The van der Waals surface area contributed by atoms with Gasteiger partial charge in [0.1, 0.15) is 5.75 Å². The molecule has 1 heterocycles. The van der Waals surface area contributed by atoms with E-state index in [2.05, 4.69) is 15.6 Å². The van der Waals surface area contributed by atoms with Crippen LogP contribution in [0.15, 0.2) is 53.4 Å². The predicted molar refractivity (Wildman–Crippen MR) is 113 cm³/mol. The maximum Gasteiger partial charge on any atom is 0.269 e. The molecule has 0 saturated carbocycles. The fraction of sp³-hybridized carbons (Fsp3) is 0.333. The van der Waals surface area contributed by atoms with Crippen molar-refractivity contribution in [3.05, 3.63) is 59.7 Å². The molecule has 1 atom stereocenters. The van der Waals surface area contributed by atoms with Gasteiger partial charge in [0, 0.05) is 24.3 Å². The van der Waals surface area contributed by atoms with Crippen LogP contribution < -0.4 is 20.3 Å². The van der Waals surface area contributed by atoms with Gasteiger partial charge in [0.2, 0.25) is 10.0 Å². The molecule has 10 heteroatoms. The van der Waals surface area contributed by atoms with E-state index >= 15 is 0 Å². The number of sulfonamides is 1. The van der Waals surface area contributed by atoms with Crippen molar-refractivity contribution in [3.63, 3.8) is 0 Å². The van der Waals surface area contributed by atoms with Gasteiger partial charge >= 0.3 is 0 Å². The number of nitrogens with one attached hydrogen (secondary N) is 3. The summed E-state index contributed by atoms with van der Waals surface area (Å²) in [5, 5.41) is 0. The van der Waals surface area contributed by atoms with Crippen molar-refractivity contribution in [1.29, 1.82) is 0 Å². The van der Waals surface area contributed by atoms with Crippen LogP contribution in [0, 0.1) is 0 Å². The molecule has 2 aromatic rings. The lowest BCUT2D eigenvalue weighted by atomic mass is 10.2. The normalized spacial score (nSPS) is 16.0. The van der Waals surface area contributed by atoms with Gasteiger partial charge in [-0.15, -0.1) is 0 Å². The van der Waals surface area contributed by atoms with Gasteiger partial charge in [-0.05, 0) is 62.2 Å². The highest BCUT2D eigenvalue weighted by Gasteiger charge is 2.21. The molecule has 0 bridgehead atoms. The molecule has 0 radical (unpaired) electrons. The summed E-state index contributed by atoms with van der Waals surface area (Å²) in [6, 6.07) is 12.0. The lowest BCUT2D eigenvalue weighted by molar-refractivity contribution is 0.0846. The minimum Gasteiger partial charge on any atom is -0.494 e. The Labute approximate surface area is 181 Å². The highest BCUT2D eigenvalue weighted by Crippen LogP contribution is 2.15. The van der Waals surface area contributed by atoms with Gasteiger partial charge in [-0.1, -0.05) is 6.07 Å². The molecule has 9 nitrogen and oxygen atoms in total. The van der Waals surface area contributed by atoms with Gasteiger partial charge in [0.25, 0.3) is 11.8 Å². The molecule has 1 saturated heterocycles. The van der Waals surface area contributed by atoms with Crippen LogP contribution >= 0.6 is 0 Å². The van der Waals surface area contributed by atoms with Crippen molar-refractivity contribution < 1.29 is 27.5 Å². The third-order valence-electron chi connectivity index (χ3n) is 4.65. The van der Waals surface area contributed by atoms with Crippen molar-refractivity contribution in [1.82, 2.24) is 15.6 Å². The number of benzene rings is 2. The second-order valence-electron chi connectivity index (χ2n) is 6.88. The Morgan fingerprint density at radius 2 is 1.77 bits per heavy atom. The number of hydrogen-bond donors (Lipinski definition) is 3. The zero-order valence-electron chi connectivity index (χ0n) is 17.1. The number of carbonyl (C=O) groups is 2. The SMILES string of the molecule is CCOc1ccc(C(=O)NNC(=O)c2cccc(S(=O)(=O)NCC3CCCO3)c2)cc1. The number of ether oxygens (including phenoxy) is 2. The van der Waals surface area contributed by atoms with Crippen LogP contribution in [0.3, 0.4) is 0 Å². The molecular weight excluding hydrogens is 422 g/mol. The number of amides is 2. The van der Waals surface area contributed by atoms with Crippen molar-refractivity contribution in [2.75, 3.05) is 19.8 Å². The summed E-state index contributed by atoms with van der Waals surface area (Å²) in [6.07, 6.45) is 1.57. The average Bonchev–Trinajstić information content (AvgIpc) is 3.30. The molecule has 1 fully saturated rings. The first kappa shape index (κ1) is 22.7. The van der Waals surface area contributed by atoms with Crippen molar-refractivity contribution in [2.24, 2.45) is 0 Å². The third kappa shape index (κ3) is 6.27. The molecule has 1 unspecified atom stereocenters. The fourth-order valence-corrected chi connectivity index (χ4v) is 4.13. The Hall–Kier alpha value is -2.95. The van der Waals surface area contributed by atoms with Crippen LogP contribution in [0.2, 0.25) is 0 Å². The molecule has 31 heavy (non-hydrogen) atoms. The van der Waals surface area contributed by atoms with Crippen LogP contribution in [0.25, 0.3) is 0 Å². The highest BCUT2D eigenvalue weighted by molar-refractivity contribution is 7.89. The number of carbonyl (C=O) groups excluding carboxylic acids is 2. The minimum absolute atomic E-state index is 0.0454. The predicted octanol–water partition coefficient (Wildman–Crippen LogP) is 1.62. The second-order valence-corrected chi connectivity index (χ2v) is 8.65. The lowest BCUT2D eigenvalue weighted by Crippen LogP contribution is -2.41. The van der Waals surface area contributed by atoms with E-state index in [0.29, 0.717) is 24.5 Å². The molecule has 166 valence electrons. The van der Waals surface area contributed by atoms with Crippen molar-refractivity contribution in [3.8, 4) is 5.75 Å². The third-order valence-corrected chi connectivity index (χ3v) is 6.07. The van der Waals surface area contributed by atoms with Crippen LogP contribution in [0.5, 0.6) is 5.75 Å². The van der Waals surface area contributed by atoms with Gasteiger partial charge in [-0.2, -0.15) is 0 Å². The van der Waals surface area contributed by atoms with Crippen LogP contribution in [0.1, 0.15) is 40.5 Å². The van der Waals surface area contributed by atoms with E-state index in [9.17, 15) is 18.0 Å². The molecule has 0 aliphatic carbocycles. The topological polar surface area (TPSA) is 123 Å². The summed E-state index contributed by atoms with van der Waals surface area (Å²) in [6.45, 7) is 3.18. The van der Waals surface area contributed by atoms with Gasteiger partial charge in [-0.3, -0.25) is 20.4 Å². The molecule has 1 aliphatic rings. The van der Waals surface area contributed by atoms with E-state index in [1.807, 2.05) is 6.92 Å². The Balaban J connectivity index is 1.58. The van der Waals surface area contributed by atoms with E-state index in [1.165, 1.54) is 24.3 Å². The summed E-state index contributed by atoms with van der Waals surface area (Å²) >= 11 is 0. The largest absolute Gasteiger partial charge is 0.494 e. The summed E-state index contributed by atoms with van der Waals surface area (Å²) in [5.41, 5.74) is 5.02. The van der Waals surface area contributed by atoms with Crippen molar-refractivity contribution >= 4 is 21.8 Å². The van der Waals surface area contributed by atoms with Gasteiger partial charge in [0.05, 0.1) is 17.6 Å². The molecule has 0 spiro atoms. The first-order chi connectivity index (χ1) is 14.9. The molecule has 2 amide bonds. The van der Waals surface area contributed by atoms with E-state index in [1.54, 1.807) is 24.3 Å². The zero-order chi connectivity index (χ0) is 22.3. The van der Waals surface area contributed by atoms with Crippen LogP contribution in [0.4, 0.5) is 0 Å². The lowest BCUT2D eigenvalue weighted by Gasteiger charge is -2.12. The molecular formula is C21H25N3O6S. The van der Waals surface area contributed by atoms with Gasteiger partial charge < -0.3 is 9.47 Å². The summed E-state index contributed by atoms with van der Waals surface area (Å²) in [7, 11) is -3.80. The smallest absolute Gasteiger partial charge is 0.269 e. The standard InChI is InChI=1S/C21H25N3O6S/c1-2-29-17-10-8-15(9-11-17)20(25)23-24-21(26)16-5-3-7-19(13-16)31(27,28)22-14-18-6-4-12-30-18/h3,5,7-11,13,18,22H,2,4,6,12,14H2,1H3,(H,23,25)(H,24,26). The fourth-order valence-electron chi connectivity index (χ4n) is 3.02. The summed E-state index contributed by atoms with van der Waals surface area (Å²) in [4.78, 5) is 24.5. The number of hydrazine groups is 1. The van der Waals surface area contributed by atoms with E-state index in [0.717, 1.165) is 12.8 Å². The molecule has 3 rings (SSSR count). The molecule has 2 aromatic carbocycles. The zero-order valence-corrected chi connectivity index (χ0v) is 17.9.